The smallest absolute Gasteiger partial charge is 0.234 e. The Morgan fingerprint density at radius 1 is 1.38 bits per heavy atom. The molecular weight excluding hydrogens is 227 g/mol. The van der Waals surface area contributed by atoms with Crippen molar-refractivity contribution in [2.75, 3.05) is 0 Å². The first-order chi connectivity index (χ1) is 6.09. The molecule has 0 fully saturated rings. The molecule has 0 aliphatic carbocycles. The predicted octanol–water partition coefficient (Wildman–Crippen LogP) is 3.59. The van der Waals surface area contributed by atoms with Gasteiger partial charge < -0.3 is 0 Å². The molecule has 0 N–H and O–H groups in total. The van der Waals surface area contributed by atoms with Crippen LogP contribution in [-0.4, -0.2) is 10.5 Å². The molecule has 1 aromatic carbocycles. The molecule has 0 saturated heterocycles. The second kappa shape index (κ2) is 4.89. The monoisotopic (exact) mass is 234 g/mol. The van der Waals surface area contributed by atoms with Crippen LogP contribution >= 0.6 is 35.0 Å². The molecule has 0 aliphatic rings. The minimum atomic E-state index is -0.333. The van der Waals surface area contributed by atoms with Crippen molar-refractivity contribution in [2.24, 2.45) is 0 Å². The Kier molecular flexibility index (Phi) is 4.10. The number of benzene rings is 1. The highest BCUT2D eigenvalue weighted by Gasteiger charge is 2.10. The molecule has 0 aliphatic heterocycles. The number of rotatable bonds is 3. The molecule has 0 spiro atoms. The predicted molar refractivity (Wildman–Crippen MR) is 57.6 cm³/mol. The largest absolute Gasteiger partial charge is 0.280 e. The summed E-state index contributed by atoms with van der Waals surface area (Å²) >= 11 is 12.5. The number of hydrogen-bond acceptors (Lipinski definition) is 2. The second-order valence-electron chi connectivity index (χ2n) is 2.52. The molecule has 1 rings (SSSR count). The van der Waals surface area contributed by atoms with E-state index in [9.17, 15) is 4.79 Å². The number of carbonyl (C=O) groups is 1. The van der Waals surface area contributed by atoms with Crippen LogP contribution in [0.15, 0.2) is 29.2 Å². The Bertz CT molecular complexity index is 297. The maximum Gasteiger partial charge on any atom is 0.234 e. The highest BCUT2D eigenvalue weighted by molar-refractivity contribution is 8.00. The number of carbonyl (C=O) groups excluding carboxylic acids is 1. The van der Waals surface area contributed by atoms with E-state index in [1.165, 1.54) is 11.8 Å². The summed E-state index contributed by atoms with van der Waals surface area (Å²) in [5, 5.41) is 0.136. The second-order valence-corrected chi connectivity index (χ2v) is 4.74. The lowest BCUT2D eigenvalue weighted by Crippen LogP contribution is -2.04. The fraction of sp³-hybridized carbons (Fsp3) is 0.222. The molecule has 0 saturated carbocycles. The van der Waals surface area contributed by atoms with Gasteiger partial charge in [-0.25, -0.2) is 0 Å². The maximum absolute atomic E-state index is 10.7. The molecule has 4 heteroatoms. The molecule has 13 heavy (non-hydrogen) atoms. The van der Waals surface area contributed by atoms with Gasteiger partial charge in [0.1, 0.15) is 0 Å². The van der Waals surface area contributed by atoms with Crippen molar-refractivity contribution in [3.8, 4) is 0 Å². The first-order valence-electron chi connectivity index (χ1n) is 3.71. The Morgan fingerprint density at radius 2 is 1.92 bits per heavy atom. The lowest BCUT2D eigenvalue weighted by atomic mass is 10.4. The Labute approximate surface area is 91.4 Å². The molecule has 0 aromatic heterocycles. The Morgan fingerprint density at radius 3 is 2.38 bits per heavy atom. The van der Waals surface area contributed by atoms with E-state index in [0.717, 1.165) is 4.90 Å². The summed E-state index contributed by atoms with van der Waals surface area (Å²) in [5.74, 6) is 0. The number of thioether (sulfide) groups is 1. The third-order valence-corrected chi connectivity index (χ3v) is 3.27. The number of hydrogen-bond donors (Lipinski definition) is 0. The van der Waals surface area contributed by atoms with Crippen LogP contribution in [0.4, 0.5) is 0 Å². The van der Waals surface area contributed by atoms with E-state index in [-0.39, 0.29) is 10.5 Å². The quantitative estimate of drug-likeness (QED) is 0.588. The molecule has 70 valence electrons. The first kappa shape index (κ1) is 10.9. The SMILES string of the molecule is CC(Sc1ccc(Cl)cc1)C(=O)Cl. The summed E-state index contributed by atoms with van der Waals surface area (Å²) < 4.78 is 0. The van der Waals surface area contributed by atoms with Gasteiger partial charge in [0.25, 0.3) is 0 Å². The average molecular weight is 235 g/mol. The Hall–Kier alpha value is -0.180. The molecular formula is C9H8Cl2OS. The molecule has 0 bridgehead atoms. The minimum Gasteiger partial charge on any atom is -0.280 e. The van der Waals surface area contributed by atoms with Gasteiger partial charge in [-0.15, -0.1) is 11.8 Å². The van der Waals surface area contributed by atoms with E-state index in [0.29, 0.717) is 5.02 Å². The minimum absolute atomic E-state index is 0.220. The molecule has 0 radical (unpaired) electrons. The van der Waals surface area contributed by atoms with E-state index in [1.807, 2.05) is 12.1 Å². The zero-order valence-corrected chi connectivity index (χ0v) is 9.29. The lowest BCUT2D eigenvalue weighted by molar-refractivity contribution is -0.111. The van der Waals surface area contributed by atoms with Gasteiger partial charge in [-0.2, -0.15) is 0 Å². The van der Waals surface area contributed by atoms with Crippen LogP contribution in [0, 0.1) is 0 Å². The van der Waals surface area contributed by atoms with Crippen LogP contribution < -0.4 is 0 Å². The summed E-state index contributed by atoms with van der Waals surface area (Å²) in [4.78, 5) is 11.7. The van der Waals surface area contributed by atoms with Crippen molar-refractivity contribution < 1.29 is 4.79 Å². The van der Waals surface area contributed by atoms with Crippen molar-refractivity contribution in [1.29, 1.82) is 0 Å². The summed E-state index contributed by atoms with van der Waals surface area (Å²) in [6.07, 6.45) is 0. The van der Waals surface area contributed by atoms with Crippen LogP contribution in [0.1, 0.15) is 6.92 Å². The van der Waals surface area contributed by atoms with Gasteiger partial charge >= 0.3 is 0 Å². The summed E-state index contributed by atoms with van der Waals surface area (Å²) in [6.45, 7) is 1.77. The van der Waals surface area contributed by atoms with Gasteiger partial charge in [0.15, 0.2) is 0 Å². The van der Waals surface area contributed by atoms with E-state index in [1.54, 1.807) is 19.1 Å². The fourth-order valence-corrected chi connectivity index (χ4v) is 1.82. The molecule has 1 atom stereocenters. The van der Waals surface area contributed by atoms with Crippen LogP contribution in [0.25, 0.3) is 0 Å². The maximum atomic E-state index is 10.7. The van der Waals surface area contributed by atoms with Crippen molar-refractivity contribution in [3.05, 3.63) is 29.3 Å². The average Bonchev–Trinajstić information content (AvgIpc) is 2.08. The van der Waals surface area contributed by atoms with E-state index < -0.39 is 0 Å². The first-order valence-corrected chi connectivity index (χ1v) is 5.34. The van der Waals surface area contributed by atoms with Gasteiger partial charge in [0, 0.05) is 9.92 Å². The van der Waals surface area contributed by atoms with Crippen LogP contribution in [0.5, 0.6) is 0 Å². The lowest BCUT2D eigenvalue weighted by Gasteiger charge is -2.05. The standard InChI is InChI=1S/C9H8Cl2OS/c1-6(9(11)12)13-8-4-2-7(10)3-5-8/h2-6H,1H3. The van der Waals surface area contributed by atoms with Crippen molar-refractivity contribution in [3.63, 3.8) is 0 Å². The van der Waals surface area contributed by atoms with E-state index in [2.05, 4.69) is 0 Å². The molecule has 0 amide bonds. The highest BCUT2D eigenvalue weighted by atomic mass is 35.5. The van der Waals surface area contributed by atoms with Crippen LogP contribution in [0.2, 0.25) is 5.02 Å². The number of halogens is 2. The third-order valence-electron chi connectivity index (χ3n) is 1.45. The zero-order valence-electron chi connectivity index (χ0n) is 6.96. The van der Waals surface area contributed by atoms with Crippen molar-refractivity contribution in [2.45, 2.75) is 17.1 Å². The van der Waals surface area contributed by atoms with Crippen molar-refractivity contribution >= 4 is 40.2 Å². The molecule has 0 heterocycles. The topological polar surface area (TPSA) is 17.1 Å². The zero-order chi connectivity index (χ0) is 9.84. The molecule has 1 nitrogen and oxygen atoms in total. The summed E-state index contributed by atoms with van der Waals surface area (Å²) in [5.41, 5.74) is 0. The van der Waals surface area contributed by atoms with Gasteiger partial charge in [0.05, 0.1) is 5.25 Å². The van der Waals surface area contributed by atoms with Gasteiger partial charge in [-0.3, -0.25) is 4.79 Å². The van der Waals surface area contributed by atoms with E-state index >= 15 is 0 Å². The van der Waals surface area contributed by atoms with Gasteiger partial charge in [-0.1, -0.05) is 11.6 Å². The third kappa shape index (κ3) is 3.59. The summed E-state index contributed by atoms with van der Waals surface area (Å²) in [7, 11) is 0. The molecule has 1 unspecified atom stereocenters. The van der Waals surface area contributed by atoms with Crippen LogP contribution in [0.3, 0.4) is 0 Å². The fourth-order valence-electron chi connectivity index (χ4n) is 0.764. The molecule has 1 aromatic rings. The van der Waals surface area contributed by atoms with Gasteiger partial charge in [0.2, 0.25) is 5.24 Å². The Balaban J connectivity index is 2.64. The van der Waals surface area contributed by atoms with Crippen LogP contribution in [-0.2, 0) is 4.79 Å². The summed E-state index contributed by atoms with van der Waals surface area (Å²) in [6, 6.07) is 7.30. The van der Waals surface area contributed by atoms with Crippen molar-refractivity contribution in [1.82, 2.24) is 0 Å². The van der Waals surface area contributed by atoms with E-state index in [4.69, 9.17) is 23.2 Å². The highest BCUT2D eigenvalue weighted by Crippen LogP contribution is 2.25. The normalized spacial score (nSPS) is 12.5. The van der Waals surface area contributed by atoms with Gasteiger partial charge in [-0.05, 0) is 42.8 Å².